The molecule has 6 nitrogen and oxygen atoms in total. The number of nitrogens with zero attached hydrogens (tertiary/aromatic N) is 1. The molecule has 112 valence electrons. The lowest BCUT2D eigenvalue weighted by Gasteiger charge is -2.16. The van der Waals surface area contributed by atoms with Crippen molar-refractivity contribution in [2.45, 2.75) is 19.3 Å². The standard InChI is InChI=1S/C15H18N2O4/c18-8-11-3-1-2-10(11)7-16-15-17-12-5-4-9(14(19)20)6-13(12)21-15/h4-6,10-11,18H,1-3,7-8H2,(H,16,17)(H,19,20). The lowest BCUT2D eigenvalue weighted by molar-refractivity contribution is 0.0697. The number of oxazole rings is 1. The summed E-state index contributed by atoms with van der Waals surface area (Å²) in [5.41, 5.74) is 1.27. The van der Waals surface area contributed by atoms with Crippen molar-refractivity contribution in [3.63, 3.8) is 0 Å². The number of rotatable bonds is 5. The number of aliphatic hydroxyl groups is 1. The zero-order chi connectivity index (χ0) is 14.8. The van der Waals surface area contributed by atoms with Crippen LogP contribution in [0.2, 0.25) is 0 Å². The van der Waals surface area contributed by atoms with Gasteiger partial charge in [-0.15, -0.1) is 0 Å². The first-order valence-electron chi connectivity index (χ1n) is 7.16. The molecule has 21 heavy (non-hydrogen) atoms. The summed E-state index contributed by atoms with van der Waals surface area (Å²) in [4.78, 5) is 15.2. The molecule has 1 aromatic carbocycles. The number of fused-ring (bicyclic) bond motifs is 1. The Balaban J connectivity index is 1.71. The maximum Gasteiger partial charge on any atom is 0.335 e. The average molecular weight is 290 g/mol. The summed E-state index contributed by atoms with van der Waals surface area (Å²) in [5, 5.41) is 21.4. The number of carbonyl (C=O) groups is 1. The molecule has 0 saturated heterocycles. The van der Waals surface area contributed by atoms with Crippen molar-refractivity contribution >= 4 is 23.1 Å². The lowest BCUT2D eigenvalue weighted by Crippen LogP contribution is -2.20. The summed E-state index contributed by atoms with van der Waals surface area (Å²) < 4.78 is 5.54. The van der Waals surface area contributed by atoms with Gasteiger partial charge in [-0.2, -0.15) is 4.98 Å². The molecule has 0 radical (unpaired) electrons. The highest BCUT2D eigenvalue weighted by molar-refractivity contribution is 5.92. The van der Waals surface area contributed by atoms with E-state index in [4.69, 9.17) is 9.52 Å². The van der Waals surface area contributed by atoms with Gasteiger partial charge in [-0.3, -0.25) is 0 Å². The van der Waals surface area contributed by atoms with E-state index in [2.05, 4.69) is 10.3 Å². The predicted octanol–water partition coefficient (Wildman–Crippen LogP) is 2.35. The quantitative estimate of drug-likeness (QED) is 0.782. The number of carboxylic acid groups (broad SMARTS) is 1. The zero-order valence-corrected chi connectivity index (χ0v) is 11.6. The highest BCUT2D eigenvalue weighted by Crippen LogP contribution is 2.31. The first-order chi connectivity index (χ1) is 10.2. The number of aromatic nitrogens is 1. The van der Waals surface area contributed by atoms with E-state index in [0.29, 0.717) is 35.5 Å². The number of anilines is 1. The van der Waals surface area contributed by atoms with Crippen molar-refractivity contribution in [1.29, 1.82) is 0 Å². The molecule has 1 heterocycles. The molecule has 3 N–H and O–H groups in total. The number of benzene rings is 1. The molecule has 1 fully saturated rings. The highest BCUT2D eigenvalue weighted by atomic mass is 16.4. The van der Waals surface area contributed by atoms with E-state index in [9.17, 15) is 9.90 Å². The third-order valence-corrected chi connectivity index (χ3v) is 4.20. The number of carboxylic acids is 1. The minimum Gasteiger partial charge on any atom is -0.478 e. The van der Waals surface area contributed by atoms with Gasteiger partial charge in [0.15, 0.2) is 5.58 Å². The Labute approximate surface area is 121 Å². The monoisotopic (exact) mass is 290 g/mol. The zero-order valence-electron chi connectivity index (χ0n) is 11.6. The van der Waals surface area contributed by atoms with E-state index < -0.39 is 5.97 Å². The molecular weight excluding hydrogens is 272 g/mol. The maximum absolute atomic E-state index is 10.9. The molecule has 2 aromatic rings. The van der Waals surface area contributed by atoms with E-state index in [1.807, 2.05) is 0 Å². The lowest BCUT2D eigenvalue weighted by atomic mass is 9.97. The van der Waals surface area contributed by atoms with Crippen molar-refractivity contribution in [2.24, 2.45) is 11.8 Å². The van der Waals surface area contributed by atoms with Crippen molar-refractivity contribution in [1.82, 2.24) is 4.98 Å². The van der Waals surface area contributed by atoms with E-state index in [1.165, 1.54) is 12.1 Å². The average Bonchev–Trinajstić information content (AvgIpc) is 3.09. The smallest absolute Gasteiger partial charge is 0.335 e. The Kier molecular flexibility index (Phi) is 3.79. The number of nitrogens with one attached hydrogen (secondary N) is 1. The third-order valence-electron chi connectivity index (χ3n) is 4.20. The van der Waals surface area contributed by atoms with Crippen LogP contribution in [-0.2, 0) is 0 Å². The molecule has 0 bridgehead atoms. The first-order valence-corrected chi connectivity index (χ1v) is 7.16. The molecule has 1 aliphatic rings. The van der Waals surface area contributed by atoms with Gasteiger partial charge in [0.05, 0.1) is 5.56 Å². The van der Waals surface area contributed by atoms with Crippen LogP contribution in [0.5, 0.6) is 0 Å². The predicted molar refractivity (Wildman–Crippen MR) is 77.4 cm³/mol. The normalized spacial score (nSPS) is 21.8. The van der Waals surface area contributed by atoms with Crippen molar-refractivity contribution < 1.29 is 19.4 Å². The first kappa shape index (κ1) is 13.9. The molecule has 6 heteroatoms. The number of hydrogen-bond acceptors (Lipinski definition) is 5. The van der Waals surface area contributed by atoms with Crippen LogP contribution in [-0.4, -0.2) is 34.3 Å². The Morgan fingerprint density at radius 1 is 1.38 bits per heavy atom. The summed E-state index contributed by atoms with van der Waals surface area (Å²) in [6.45, 7) is 0.936. The van der Waals surface area contributed by atoms with Crippen LogP contribution in [0.25, 0.3) is 11.1 Å². The maximum atomic E-state index is 10.9. The summed E-state index contributed by atoms with van der Waals surface area (Å²) in [6.07, 6.45) is 3.31. The molecule has 0 aliphatic heterocycles. The molecule has 0 spiro atoms. The Morgan fingerprint density at radius 2 is 2.19 bits per heavy atom. The molecule has 1 aliphatic carbocycles. The van der Waals surface area contributed by atoms with Gasteiger partial charge in [-0.25, -0.2) is 4.79 Å². The second-order valence-corrected chi connectivity index (χ2v) is 5.52. The Hall–Kier alpha value is -2.08. The second kappa shape index (κ2) is 5.73. The minimum absolute atomic E-state index is 0.182. The fourth-order valence-electron chi connectivity index (χ4n) is 2.97. The van der Waals surface area contributed by atoms with Crippen LogP contribution in [0.3, 0.4) is 0 Å². The van der Waals surface area contributed by atoms with Crippen LogP contribution in [0.4, 0.5) is 6.01 Å². The van der Waals surface area contributed by atoms with E-state index in [1.54, 1.807) is 6.07 Å². The van der Waals surface area contributed by atoms with Crippen LogP contribution in [0.1, 0.15) is 29.6 Å². The summed E-state index contributed by atoms with van der Waals surface area (Å²) in [7, 11) is 0. The molecule has 2 unspecified atom stereocenters. The molecule has 2 atom stereocenters. The van der Waals surface area contributed by atoms with Crippen molar-refractivity contribution in [2.75, 3.05) is 18.5 Å². The van der Waals surface area contributed by atoms with Gasteiger partial charge in [0.25, 0.3) is 6.01 Å². The summed E-state index contributed by atoms with van der Waals surface area (Å²) in [5.74, 6) is -0.209. The van der Waals surface area contributed by atoms with Gasteiger partial charge >= 0.3 is 5.97 Å². The molecule has 1 aromatic heterocycles. The van der Waals surface area contributed by atoms with E-state index in [-0.39, 0.29) is 12.2 Å². The van der Waals surface area contributed by atoms with Gasteiger partial charge in [0.2, 0.25) is 0 Å². The summed E-state index contributed by atoms with van der Waals surface area (Å²) in [6, 6.07) is 5.02. The van der Waals surface area contributed by atoms with E-state index >= 15 is 0 Å². The topological polar surface area (TPSA) is 95.6 Å². The fraction of sp³-hybridized carbons (Fsp3) is 0.467. The largest absolute Gasteiger partial charge is 0.478 e. The number of aliphatic hydroxyl groups excluding tert-OH is 1. The second-order valence-electron chi connectivity index (χ2n) is 5.52. The third kappa shape index (κ3) is 2.85. The molecule has 3 rings (SSSR count). The van der Waals surface area contributed by atoms with Crippen LogP contribution >= 0.6 is 0 Å². The van der Waals surface area contributed by atoms with Crippen molar-refractivity contribution in [3.05, 3.63) is 23.8 Å². The molecule has 0 amide bonds. The minimum atomic E-state index is -0.987. The summed E-state index contributed by atoms with van der Waals surface area (Å²) >= 11 is 0. The SMILES string of the molecule is O=C(O)c1ccc2nc(NCC3CCCC3CO)oc2c1. The van der Waals surface area contributed by atoms with Gasteiger partial charge in [0, 0.05) is 13.2 Å². The van der Waals surface area contributed by atoms with Crippen molar-refractivity contribution in [3.8, 4) is 0 Å². The van der Waals surface area contributed by atoms with Crippen LogP contribution < -0.4 is 5.32 Å². The Bertz CT molecular complexity index is 652. The van der Waals surface area contributed by atoms with Crippen LogP contribution in [0.15, 0.2) is 22.6 Å². The highest BCUT2D eigenvalue weighted by Gasteiger charge is 2.26. The van der Waals surface area contributed by atoms with Gasteiger partial charge < -0.3 is 19.9 Å². The number of hydrogen-bond donors (Lipinski definition) is 3. The van der Waals surface area contributed by atoms with E-state index in [0.717, 1.165) is 19.3 Å². The molecule has 1 saturated carbocycles. The fourth-order valence-corrected chi connectivity index (χ4v) is 2.97. The van der Waals surface area contributed by atoms with Gasteiger partial charge in [0.1, 0.15) is 5.52 Å². The van der Waals surface area contributed by atoms with Gasteiger partial charge in [-0.1, -0.05) is 6.42 Å². The van der Waals surface area contributed by atoms with Crippen LogP contribution in [0, 0.1) is 11.8 Å². The number of aromatic carboxylic acids is 1. The Morgan fingerprint density at radius 3 is 2.95 bits per heavy atom. The molecular formula is C15H18N2O4. The van der Waals surface area contributed by atoms with Gasteiger partial charge in [-0.05, 0) is 42.9 Å².